The predicted octanol–water partition coefficient (Wildman–Crippen LogP) is 1.95. The number of rotatable bonds is 3. The molecule has 0 atom stereocenters. The number of pyridine rings is 2. The van der Waals surface area contributed by atoms with Gasteiger partial charge in [0.25, 0.3) is 0 Å². The molecule has 0 aliphatic carbocycles. The zero-order valence-electron chi connectivity index (χ0n) is 9.05. The zero-order valence-corrected chi connectivity index (χ0v) is 9.05. The molecule has 16 heavy (non-hydrogen) atoms. The van der Waals surface area contributed by atoms with Gasteiger partial charge in [-0.3, -0.25) is 4.98 Å². The van der Waals surface area contributed by atoms with Crippen LogP contribution in [0.4, 0.5) is 5.82 Å². The molecular formula is C12H13N3O. The predicted molar refractivity (Wildman–Crippen MR) is 62.0 cm³/mol. The van der Waals surface area contributed by atoms with Gasteiger partial charge in [0.15, 0.2) is 11.6 Å². The summed E-state index contributed by atoms with van der Waals surface area (Å²) in [6.07, 6.45) is 5.22. The van der Waals surface area contributed by atoms with E-state index in [0.29, 0.717) is 18.2 Å². The van der Waals surface area contributed by atoms with Crippen LogP contribution in [0.5, 0.6) is 5.75 Å². The van der Waals surface area contributed by atoms with Crippen molar-refractivity contribution in [2.75, 3.05) is 5.73 Å². The lowest BCUT2D eigenvalue weighted by molar-refractivity contribution is 0.306. The molecule has 82 valence electrons. The van der Waals surface area contributed by atoms with Gasteiger partial charge in [-0.05, 0) is 30.7 Å². The zero-order chi connectivity index (χ0) is 11.4. The molecule has 0 fully saturated rings. The molecule has 4 heteroatoms. The van der Waals surface area contributed by atoms with Crippen molar-refractivity contribution in [3.63, 3.8) is 0 Å². The monoisotopic (exact) mass is 215 g/mol. The minimum atomic E-state index is 0.406. The molecular weight excluding hydrogens is 202 g/mol. The number of nitrogens with zero attached hydrogens (tertiary/aromatic N) is 2. The number of hydrogen-bond donors (Lipinski definition) is 1. The van der Waals surface area contributed by atoms with Gasteiger partial charge in [-0.2, -0.15) is 0 Å². The maximum absolute atomic E-state index is 5.66. The van der Waals surface area contributed by atoms with Crippen LogP contribution < -0.4 is 10.5 Å². The summed E-state index contributed by atoms with van der Waals surface area (Å²) in [4.78, 5) is 8.04. The van der Waals surface area contributed by atoms with E-state index in [9.17, 15) is 0 Å². The molecule has 0 saturated carbocycles. The minimum Gasteiger partial charge on any atom is -0.485 e. The number of anilines is 1. The van der Waals surface area contributed by atoms with E-state index in [-0.39, 0.29) is 0 Å². The molecule has 0 aromatic carbocycles. The van der Waals surface area contributed by atoms with Crippen molar-refractivity contribution in [2.45, 2.75) is 13.5 Å². The first-order valence-corrected chi connectivity index (χ1v) is 4.99. The SMILES string of the molecule is Cc1cncc(COc2cccnc2N)c1. The largest absolute Gasteiger partial charge is 0.485 e. The van der Waals surface area contributed by atoms with E-state index in [1.807, 2.05) is 19.2 Å². The molecule has 2 aromatic heterocycles. The van der Waals surface area contributed by atoms with Gasteiger partial charge in [-0.1, -0.05) is 0 Å². The molecule has 2 rings (SSSR count). The van der Waals surface area contributed by atoms with Crippen LogP contribution in [0.1, 0.15) is 11.1 Å². The summed E-state index contributed by atoms with van der Waals surface area (Å²) in [5.41, 5.74) is 7.79. The minimum absolute atomic E-state index is 0.406. The van der Waals surface area contributed by atoms with E-state index in [1.165, 1.54) is 0 Å². The van der Waals surface area contributed by atoms with Gasteiger partial charge in [-0.25, -0.2) is 4.98 Å². The van der Waals surface area contributed by atoms with Crippen LogP contribution >= 0.6 is 0 Å². The van der Waals surface area contributed by atoms with Crippen LogP contribution in [0.3, 0.4) is 0 Å². The van der Waals surface area contributed by atoms with Gasteiger partial charge in [0, 0.05) is 24.2 Å². The van der Waals surface area contributed by atoms with Gasteiger partial charge in [0.05, 0.1) is 0 Å². The Morgan fingerprint density at radius 3 is 3.00 bits per heavy atom. The number of nitrogen functional groups attached to an aromatic ring is 1. The number of aryl methyl sites for hydroxylation is 1. The van der Waals surface area contributed by atoms with E-state index in [1.54, 1.807) is 24.5 Å². The second kappa shape index (κ2) is 4.61. The summed E-state index contributed by atoms with van der Waals surface area (Å²) in [6, 6.07) is 5.62. The summed E-state index contributed by atoms with van der Waals surface area (Å²) in [6.45, 7) is 2.44. The molecule has 0 radical (unpaired) electrons. The van der Waals surface area contributed by atoms with Crippen LogP contribution in [-0.4, -0.2) is 9.97 Å². The second-order valence-electron chi connectivity index (χ2n) is 3.55. The third kappa shape index (κ3) is 2.48. The lowest BCUT2D eigenvalue weighted by atomic mass is 10.2. The fraction of sp³-hybridized carbons (Fsp3) is 0.167. The first-order chi connectivity index (χ1) is 7.75. The van der Waals surface area contributed by atoms with E-state index in [4.69, 9.17) is 10.5 Å². The number of hydrogen-bond acceptors (Lipinski definition) is 4. The van der Waals surface area contributed by atoms with Crippen molar-refractivity contribution in [3.8, 4) is 5.75 Å². The average molecular weight is 215 g/mol. The van der Waals surface area contributed by atoms with Crippen molar-refractivity contribution in [1.82, 2.24) is 9.97 Å². The molecule has 0 unspecified atom stereocenters. The van der Waals surface area contributed by atoms with Crippen molar-refractivity contribution < 1.29 is 4.74 Å². The van der Waals surface area contributed by atoms with Crippen molar-refractivity contribution in [3.05, 3.63) is 47.9 Å². The normalized spacial score (nSPS) is 10.1. The Morgan fingerprint density at radius 1 is 1.38 bits per heavy atom. The molecule has 2 aromatic rings. The Balaban J connectivity index is 2.05. The number of nitrogens with two attached hydrogens (primary N) is 1. The Morgan fingerprint density at radius 2 is 2.25 bits per heavy atom. The van der Waals surface area contributed by atoms with Gasteiger partial charge in [0.2, 0.25) is 0 Å². The quantitative estimate of drug-likeness (QED) is 0.850. The highest BCUT2D eigenvalue weighted by Gasteiger charge is 2.00. The van der Waals surface area contributed by atoms with Crippen molar-refractivity contribution in [2.24, 2.45) is 0 Å². The van der Waals surface area contributed by atoms with E-state index < -0.39 is 0 Å². The molecule has 0 aliphatic rings. The maximum Gasteiger partial charge on any atom is 0.166 e. The molecule has 2 heterocycles. The Hall–Kier alpha value is -2.10. The first-order valence-electron chi connectivity index (χ1n) is 4.99. The number of ether oxygens (including phenoxy) is 1. The summed E-state index contributed by atoms with van der Waals surface area (Å²) in [5, 5.41) is 0. The maximum atomic E-state index is 5.66. The van der Waals surface area contributed by atoms with Gasteiger partial charge < -0.3 is 10.5 Å². The topological polar surface area (TPSA) is 61.0 Å². The van der Waals surface area contributed by atoms with Crippen LogP contribution in [0.15, 0.2) is 36.8 Å². The van der Waals surface area contributed by atoms with Crippen molar-refractivity contribution in [1.29, 1.82) is 0 Å². The van der Waals surface area contributed by atoms with E-state index in [2.05, 4.69) is 9.97 Å². The average Bonchev–Trinajstić information content (AvgIpc) is 2.28. The van der Waals surface area contributed by atoms with Gasteiger partial charge >= 0.3 is 0 Å². The first kappa shape index (κ1) is 10.4. The lowest BCUT2D eigenvalue weighted by Gasteiger charge is -2.07. The van der Waals surface area contributed by atoms with Gasteiger partial charge in [0.1, 0.15) is 6.61 Å². The summed E-state index contributed by atoms with van der Waals surface area (Å²) < 4.78 is 5.55. The fourth-order valence-electron chi connectivity index (χ4n) is 1.38. The fourth-order valence-corrected chi connectivity index (χ4v) is 1.38. The standard InChI is InChI=1S/C12H13N3O/c1-9-5-10(7-14-6-9)8-16-11-3-2-4-15-12(11)13/h2-7H,8H2,1H3,(H2,13,15). The Labute approximate surface area is 94.1 Å². The van der Waals surface area contributed by atoms with Crippen LogP contribution in [0.2, 0.25) is 0 Å². The Kier molecular flexibility index (Phi) is 3.00. The van der Waals surface area contributed by atoms with Crippen LogP contribution in [0, 0.1) is 6.92 Å². The Bertz CT molecular complexity index is 485. The van der Waals surface area contributed by atoms with Crippen LogP contribution in [-0.2, 0) is 6.61 Å². The highest BCUT2D eigenvalue weighted by atomic mass is 16.5. The molecule has 4 nitrogen and oxygen atoms in total. The van der Waals surface area contributed by atoms with Crippen LogP contribution in [0.25, 0.3) is 0 Å². The highest BCUT2D eigenvalue weighted by molar-refractivity contribution is 5.44. The highest BCUT2D eigenvalue weighted by Crippen LogP contribution is 2.18. The van der Waals surface area contributed by atoms with E-state index >= 15 is 0 Å². The number of aromatic nitrogens is 2. The smallest absolute Gasteiger partial charge is 0.166 e. The summed E-state index contributed by atoms with van der Waals surface area (Å²) >= 11 is 0. The molecule has 0 saturated heterocycles. The molecule has 0 amide bonds. The third-order valence-electron chi connectivity index (χ3n) is 2.13. The van der Waals surface area contributed by atoms with Gasteiger partial charge in [-0.15, -0.1) is 0 Å². The summed E-state index contributed by atoms with van der Waals surface area (Å²) in [5.74, 6) is 1.01. The molecule has 0 spiro atoms. The molecule has 0 bridgehead atoms. The molecule has 2 N–H and O–H groups in total. The second-order valence-corrected chi connectivity index (χ2v) is 3.55. The summed E-state index contributed by atoms with van der Waals surface area (Å²) in [7, 11) is 0. The van der Waals surface area contributed by atoms with Crippen molar-refractivity contribution >= 4 is 5.82 Å². The third-order valence-corrected chi connectivity index (χ3v) is 2.13. The van der Waals surface area contributed by atoms with E-state index in [0.717, 1.165) is 11.1 Å². The lowest BCUT2D eigenvalue weighted by Crippen LogP contribution is -2.00. The molecule has 0 aliphatic heterocycles.